The summed E-state index contributed by atoms with van der Waals surface area (Å²) in [5, 5.41) is 4.10. The number of amides is 2. The van der Waals surface area contributed by atoms with Crippen molar-refractivity contribution in [1.29, 1.82) is 0 Å². The summed E-state index contributed by atoms with van der Waals surface area (Å²) in [5.41, 5.74) is 8.75. The van der Waals surface area contributed by atoms with Crippen molar-refractivity contribution in [2.24, 2.45) is 5.73 Å². The van der Waals surface area contributed by atoms with Crippen LogP contribution in [0.25, 0.3) is 0 Å². The van der Waals surface area contributed by atoms with E-state index in [1.54, 1.807) is 29.2 Å². The van der Waals surface area contributed by atoms with Crippen molar-refractivity contribution in [3.8, 4) is 5.75 Å². The predicted molar refractivity (Wildman–Crippen MR) is 120 cm³/mol. The van der Waals surface area contributed by atoms with E-state index in [9.17, 15) is 14.4 Å². The second kappa shape index (κ2) is 10.2. The second-order valence-electron chi connectivity index (χ2n) is 7.95. The second-order valence-corrected chi connectivity index (χ2v) is 7.95. The number of primary amides is 1. The first-order valence-electron chi connectivity index (χ1n) is 10.8. The predicted octanol–water partition coefficient (Wildman–Crippen LogP) is 1.67. The van der Waals surface area contributed by atoms with Crippen LogP contribution in [0.5, 0.6) is 5.75 Å². The summed E-state index contributed by atoms with van der Waals surface area (Å²) in [5.74, 6) is -0.881. The van der Waals surface area contributed by atoms with E-state index in [1.165, 1.54) is 18.3 Å². The van der Waals surface area contributed by atoms with Gasteiger partial charge in [-0.05, 0) is 29.7 Å². The number of fused-ring (bicyclic) bond motifs is 1. The van der Waals surface area contributed by atoms with E-state index in [2.05, 4.69) is 14.8 Å². The largest absolute Gasteiger partial charge is 0.489 e. The Morgan fingerprint density at radius 2 is 1.91 bits per heavy atom. The first kappa shape index (κ1) is 23.0. The maximum Gasteiger partial charge on any atom is 0.305 e. The van der Waals surface area contributed by atoms with Crippen molar-refractivity contribution in [2.45, 2.75) is 38.6 Å². The lowest BCUT2D eigenvalue weighted by molar-refractivity contribution is -0.141. The first-order chi connectivity index (χ1) is 16.5. The molecule has 2 heterocycles. The summed E-state index contributed by atoms with van der Waals surface area (Å²) in [6, 6.07) is 12.3. The van der Waals surface area contributed by atoms with Crippen LogP contribution in [-0.4, -0.2) is 50.6 Å². The number of rotatable bonds is 10. The zero-order valence-electron chi connectivity index (χ0n) is 18.7. The Morgan fingerprint density at radius 1 is 1.15 bits per heavy atom. The molecule has 10 nitrogen and oxygen atoms in total. The van der Waals surface area contributed by atoms with Crippen LogP contribution >= 0.6 is 0 Å². The maximum absolute atomic E-state index is 13.0. The summed E-state index contributed by atoms with van der Waals surface area (Å²) in [4.78, 5) is 41.9. The molecule has 34 heavy (non-hydrogen) atoms. The molecule has 0 radical (unpaired) electrons. The van der Waals surface area contributed by atoms with Gasteiger partial charge in [0.2, 0.25) is 5.91 Å². The number of hydrogen-bond acceptors (Lipinski definition) is 7. The minimum Gasteiger partial charge on any atom is -0.489 e. The molecule has 4 rings (SSSR count). The molecule has 1 aromatic heterocycles. The fraction of sp³-hybridized carbons (Fsp3) is 0.292. The summed E-state index contributed by atoms with van der Waals surface area (Å²) in [6.45, 7) is 1.12. The molecule has 1 unspecified atom stereocenters. The highest BCUT2D eigenvalue weighted by molar-refractivity contribution is 6.01. The molecule has 0 saturated heterocycles. The molecule has 2 amide bonds. The van der Waals surface area contributed by atoms with Gasteiger partial charge in [0.15, 0.2) is 0 Å². The molecule has 0 aliphatic carbocycles. The molecule has 0 spiro atoms. The minimum atomic E-state index is -0.913. The van der Waals surface area contributed by atoms with Crippen LogP contribution in [0.2, 0.25) is 0 Å². The zero-order valence-corrected chi connectivity index (χ0v) is 18.7. The van der Waals surface area contributed by atoms with Gasteiger partial charge < -0.3 is 20.1 Å². The summed E-state index contributed by atoms with van der Waals surface area (Å²) < 4.78 is 12.4. The summed E-state index contributed by atoms with van der Waals surface area (Å²) in [7, 11) is 1.27. The quantitative estimate of drug-likeness (QED) is 0.453. The van der Waals surface area contributed by atoms with Crippen LogP contribution < -0.4 is 10.5 Å². The fourth-order valence-electron chi connectivity index (χ4n) is 3.92. The van der Waals surface area contributed by atoms with Crippen molar-refractivity contribution in [3.63, 3.8) is 0 Å². The van der Waals surface area contributed by atoms with E-state index in [-0.39, 0.29) is 25.3 Å². The monoisotopic (exact) mass is 463 g/mol. The highest BCUT2D eigenvalue weighted by atomic mass is 16.5. The fourth-order valence-corrected chi connectivity index (χ4v) is 3.92. The molecule has 0 fully saturated rings. The van der Waals surface area contributed by atoms with Gasteiger partial charge in [-0.3, -0.25) is 14.4 Å². The number of esters is 1. The van der Waals surface area contributed by atoms with E-state index in [0.29, 0.717) is 30.0 Å². The van der Waals surface area contributed by atoms with E-state index in [4.69, 9.17) is 10.5 Å². The Hall–Kier alpha value is -4.21. The highest BCUT2D eigenvalue weighted by Gasteiger charge is 2.37. The Kier molecular flexibility index (Phi) is 6.86. The number of methoxy groups -OCH3 is 1. The lowest BCUT2D eigenvalue weighted by atomic mass is 10.1. The van der Waals surface area contributed by atoms with Crippen LogP contribution in [0.15, 0.2) is 55.1 Å². The van der Waals surface area contributed by atoms with Crippen molar-refractivity contribution in [1.82, 2.24) is 19.7 Å². The van der Waals surface area contributed by atoms with E-state index in [0.717, 1.165) is 11.1 Å². The molecule has 0 saturated carbocycles. The van der Waals surface area contributed by atoms with E-state index in [1.807, 2.05) is 24.3 Å². The average molecular weight is 463 g/mol. The molecule has 176 valence electrons. The SMILES string of the molecule is COC(=O)CCC(C(N)=O)N1Cc2c(OCc3ccc(Cn4cncn4)cc3)cccc2C1=O. The van der Waals surface area contributed by atoms with Gasteiger partial charge >= 0.3 is 5.97 Å². The maximum atomic E-state index is 13.0. The number of nitrogens with two attached hydrogens (primary N) is 1. The number of hydrogen-bond donors (Lipinski definition) is 1. The third-order valence-electron chi connectivity index (χ3n) is 5.74. The Morgan fingerprint density at radius 3 is 2.59 bits per heavy atom. The summed E-state index contributed by atoms with van der Waals surface area (Å²) in [6.07, 6.45) is 3.24. The van der Waals surface area contributed by atoms with Crippen LogP contribution in [0.4, 0.5) is 0 Å². The molecular formula is C24H25N5O5. The van der Waals surface area contributed by atoms with Gasteiger partial charge in [-0.15, -0.1) is 0 Å². The third-order valence-corrected chi connectivity index (χ3v) is 5.74. The molecule has 1 aliphatic heterocycles. The third kappa shape index (κ3) is 5.06. The van der Waals surface area contributed by atoms with Crippen LogP contribution in [0, 0.1) is 0 Å². The number of ether oxygens (including phenoxy) is 2. The van der Waals surface area contributed by atoms with Crippen LogP contribution in [0.1, 0.15) is 39.9 Å². The number of benzene rings is 2. The lowest BCUT2D eigenvalue weighted by Gasteiger charge is -2.24. The van der Waals surface area contributed by atoms with E-state index >= 15 is 0 Å². The van der Waals surface area contributed by atoms with Gasteiger partial charge in [0.25, 0.3) is 5.91 Å². The van der Waals surface area contributed by atoms with Crippen molar-refractivity contribution in [3.05, 3.63) is 77.4 Å². The normalized spacial score (nSPS) is 13.4. The number of nitrogens with zero attached hydrogens (tertiary/aromatic N) is 4. The summed E-state index contributed by atoms with van der Waals surface area (Å²) >= 11 is 0. The van der Waals surface area contributed by atoms with Crippen LogP contribution in [0.3, 0.4) is 0 Å². The van der Waals surface area contributed by atoms with Gasteiger partial charge in [0.1, 0.15) is 31.1 Å². The molecule has 2 aromatic carbocycles. The minimum absolute atomic E-state index is 0.0134. The van der Waals surface area contributed by atoms with Gasteiger partial charge in [0.05, 0.1) is 20.2 Å². The Balaban J connectivity index is 1.43. The number of carbonyl (C=O) groups is 3. The van der Waals surface area contributed by atoms with Crippen molar-refractivity contribution < 1.29 is 23.9 Å². The molecule has 10 heteroatoms. The Labute approximate surface area is 196 Å². The molecule has 0 bridgehead atoms. The first-order valence-corrected chi connectivity index (χ1v) is 10.8. The van der Waals surface area contributed by atoms with Gasteiger partial charge in [-0.25, -0.2) is 9.67 Å². The van der Waals surface area contributed by atoms with Crippen molar-refractivity contribution >= 4 is 17.8 Å². The van der Waals surface area contributed by atoms with Gasteiger partial charge in [-0.1, -0.05) is 30.3 Å². The molecule has 2 N–H and O–H groups in total. The number of aromatic nitrogens is 3. The topological polar surface area (TPSA) is 130 Å². The van der Waals surface area contributed by atoms with Crippen molar-refractivity contribution in [2.75, 3.05) is 7.11 Å². The molecule has 3 aromatic rings. The standard InChI is InChI=1S/C24H25N5O5/c1-33-22(30)10-9-20(23(25)31)29-12-19-18(24(29)32)3-2-4-21(19)34-13-17-7-5-16(6-8-17)11-28-15-26-14-27-28/h2-8,14-15,20H,9-13H2,1H3,(H2,25,31). The molecular weight excluding hydrogens is 438 g/mol. The Bertz CT molecular complexity index is 1180. The molecule has 1 atom stereocenters. The van der Waals surface area contributed by atoms with Crippen LogP contribution in [-0.2, 0) is 34.0 Å². The highest BCUT2D eigenvalue weighted by Crippen LogP contribution is 2.33. The van der Waals surface area contributed by atoms with Gasteiger partial charge in [0, 0.05) is 17.5 Å². The number of carbonyl (C=O) groups excluding carboxylic acids is 3. The zero-order chi connectivity index (χ0) is 24.1. The van der Waals surface area contributed by atoms with E-state index < -0.39 is 17.9 Å². The average Bonchev–Trinajstić information content (AvgIpc) is 3.47. The smallest absolute Gasteiger partial charge is 0.305 e. The lowest BCUT2D eigenvalue weighted by Crippen LogP contribution is -2.45. The van der Waals surface area contributed by atoms with Gasteiger partial charge in [-0.2, -0.15) is 5.10 Å². The molecule has 1 aliphatic rings.